The Kier molecular flexibility index (Phi) is 1.27. The second kappa shape index (κ2) is 2.10. The summed E-state index contributed by atoms with van der Waals surface area (Å²) in [4.78, 5) is 0. The van der Waals surface area contributed by atoms with Crippen LogP contribution in [-0.4, -0.2) is 11.8 Å². The van der Waals surface area contributed by atoms with Crippen molar-refractivity contribution in [2.24, 2.45) is 0 Å². The molecule has 0 aromatic rings. The van der Waals surface area contributed by atoms with E-state index < -0.39 is 0 Å². The molecule has 1 N–H and O–H groups in total. The van der Waals surface area contributed by atoms with E-state index in [1.165, 1.54) is 12.0 Å². The van der Waals surface area contributed by atoms with Crippen molar-refractivity contribution in [1.82, 2.24) is 5.32 Å². The fourth-order valence-corrected chi connectivity index (χ4v) is 2.16. The topological polar surface area (TPSA) is 12.0 Å². The first kappa shape index (κ1) is 5.42. The molecule has 48 valence electrons. The molecule has 2 aliphatic heterocycles. The molecule has 1 nitrogen and oxygen atoms in total. The average Bonchev–Trinajstić information content (AvgIpc) is 2.33. The number of fused-ring (bicyclic) bond motifs is 1. The van der Waals surface area contributed by atoms with E-state index >= 15 is 0 Å². The molecule has 0 spiro atoms. The number of allylic oxidation sites excluding steroid dienone is 1. The van der Waals surface area contributed by atoms with Crippen molar-refractivity contribution < 1.29 is 0 Å². The lowest BCUT2D eigenvalue weighted by molar-refractivity contribution is 0.724. The van der Waals surface area contributed by atoms with E-state index in [2.05, 4.69) is 23.0 Å². The summed E-state index contributed by atoms with van der Waals surface area (Å²) in [5.74, 6) is 0. The van der Waals surface area contributed by atoms with Gasteiger partial charge < -0.3 is 5.32 Å². The third kappa shape index (κ3) is 0.874. The summed E-state index contributed by atoms with van der Waals surface area (Å²) in [6.45, 7) is 1.14. The fraction of sp³-hybridized carbons (Fsp3) is 0.429. The van der Waals surface area contributed by atoms with E-state index in [0.717, 1.165) is 11.8 Å². The van der Waals surface area contributed by atoms with Gasteiger partial charge in [-0.05, 0) is 17.4 Å². The van der Waals surface area contributed by atoms with Gasteiger partial charge in [0.25, 0.3) is 0 Å². The van der Waals surface area contributed by atoms with Crippen LogP contribution in [0.5, 0.6) is 0 Å². The largest absolute Gasteiger partial charge is 0.391 e. The Morgan fingerprint density at radius 2 is 2.67 bits per heavy atom. The number of hydrogen-bond donors (Lipinski definition) is 1. The SMILES string of the molecule is C1=CC2=CNCCC2S1. The van der Waals surface area contributed by atoms with Crippen LogP contribution in [0, 0.1) is 0 Å². The van der Waals surface area contributed by atoms with Crippen molar-refractivity contribution in [2.45, 2.75) is 11.7 Å². The van der Waals surface area contributed by atoms with Gasteiger partial charge in [0.1, 0.15) is 0 Å². The summed E-state index contributed by atoms with van der Waals surface area (Å²) in [5.41, 5.74) is 1.46. The highest BCUT2D eigenvalue weighted by Gasteiger charge is 2.18. The fourth-order valence-electron chi connectivity index (χ4n) is 1.18. The van der Waals surface area contributed by atoms with Gasteiger partial charge in [-0.3, -0.25) is 0 Å². The zero-order valence-corrected chi connectivity index (χ0v) is 5.95. The molecule has 0 radical (unpaired) electrons. The molecule has 0 saturated heterocycles. The van der Waals surface area contributed by atoms with Crippen molar-refractivity contribution in [3.8, 4) is 0 Å². The Hall–Kier alpha value is -0.370. The first-order valence-electron chi connectivity index (χ1n) is 3.22. The molecule has 0 bridgehead atoms. The number of rotatable bonds is 0. The standard InChI is InChI=1S/C7H9NS/c1-3-8-5-6-2-4-9-7(1)6/h2,4-5,7-8H,1,3H2. The van der Waals surface area contributed by atoms with Crippen molar-refractivity contribution >= 4 is 11.8 Å². The molecule has 0 amide bonds. The van der Waals surface area contributed by atoms with Crippen LogP contribution in [-0.2, 0) is 0 Å². The average molecular weight is 139 g/mol. The molecule has 2 heteroatoms. The van der Waals surface area contributed by atoms with E-state index in [-0.39, 0.29) is 0 Å². The summed E-state index contributed by atoms with van der Waals surface area (Å²) in [7, 11) is 0. The minimum Gasteiger partial charge on any atom is -0.391 e. The lowest BCUT2D eigenvalue weighted by Gasteiger charge is -2.16. The molecular formula is C7H9NS. The molecule has 2 rings (SSSR count). The van der Waals surface area contributed by atoms with Gasteiger partial charge >= 0.3 is 0 Å². The van der Waals surface area contributed by atoms with Gasteiger partial charge in [0, 0.05) is 18.0 Å². The van der Waals surface area contributed by atoms with Gasteiger partial charge in [-0.2, -0.15) is 0 Å². The zero-order valence-electron chi connectivity index (χ0n) is 5.13. The highest BCUT2D eigenvalue weighted by Crippen LogP contribution is 2.32. The maximum Gasteiger partial charge on any atom is 0.0369 e. The molecule has 2 aliphatic rings. The molecule has 0 saturated carbocycles. The molecule has 0 aromatic heterocycles. The van der Waals surface area contributed by atoms with E-state index in [9.17, 15) is 0 Å². The number of nitrogens with one attached hydrogen (secondary N) is 1. The Labute approximate surface area is 59.2 Å². The van der Waals surface area contributed by atoms with Gasteiger partial charge in [0.15, 0.2) is 0 Å². The highest BCUT2D eigenvalue weighted by molar-refractivity contribution is 8.03. The van der Waals surface area contributed by atoms with Crippen molar-refractivity contribution in [3.63, 3.8) is 0 Å². The molecule has 0 aromatic carbocycles. The Morgan fingerprint density at radius 1 is 1.67 bits per heavy atom. The van der Waals surface area contributed by atoms with E-state index in [4.69, 9.17) is 0 Å². The van der Waals surface area contributed by atoms with Crippen LogP contribution in [0.25, 0.3) is 0 Å². The minimum atomic E-state index is 0.770. The van der Waals surface area contributed by atoms with Crippen LogP contribution in [0.2, 0.25) is 0 Å². The summed E-state index contributed by atoms with van der Waals surface area (Å²) in [6, 6.07) is 0. The summed E-state index contributed by atoms with van der Waals surface area (Å²) >= 11 is 1.94. The van der Waals surface area contributed by atoms with E-state index in [1.807, 2.05) is 11.8 Å². The molecule has 9 heavy (non-hydrogen) atoms. The molecule has 2 heterocycles. The molecular weight excluding hydrogens is 130 g/mol. The number of hydrogen-bond acceptors (Lipinski definition) is 2. The number of thioether (sulfide) groups is 1. The molecule has 0 fully saturated rings. The lowest BCUT2D eigenvalue weighted by atomic mass is 10.1. The van der Waals surface area contributed by atoms with Crippen LogP contribution < -0.4 is 5.32 Å². The van der Waals surface area contributed by atoms with Crippen molar-refractivity contribution in [2.75, 3.05) is 6.54 Å². The van der Waals surface area contributed by atoms with Crippen molar-refractivity contribution in [1.29, 1.82) is 0 Å². The summed E-state index contributed by atoms with van der Waals surface area (Å²) in [5, 5.41) is 6.18. The van der Waals surface area contributed by atoms with Crippen LogP contribution in [0.3, 0.4) is 0 Å². The second-order valence-electron chi connectivity index (χ2n) is 2.31. The third-order valence-corrected chi connectivity index (χ3v) is 2.82. The minimum absolute atomic E-state index is 0.770. The predicted octanol–water partition coefficient (Wildman–Crippen LogP) is 1.49. The maximum atomic E-state index is 3.23. The molecule has 0 aliphatic carbocycles. The summed E-state index contributed by atoms with van der Waals surface area (Å²) in [6.07, 6.45) is 5.61. The van der Waals surface area contributed by atoms with Crippen LogP contribution >= 0.6 is 11.8 Å². The normalized spacial score (nSPS) is 31.1. The first-order chi connectivity index (χ1) is 4.47. The summed E-state index contributed by atoms with van der Waals surface area (Å²) < 4.78 is 0. The molecule has 1 atom stereocenters. The maximum absolute atomic E-state index is 3.23. The van der Waals surface area contributed by atoms with E-state index in [1.54, 1.807) is 0 Å². The Morgan fingerprint density at radius 3 is 3.56 bits per heavy atom. The quantitative estimate of drug-likeness (QED) is 0.545. The van der Waals surface area contributed by atoms with Crippen molar-refractivity contribution in [3.05, 3.63) is 23.3 Å². The van der Waals surface area contributed by atoms with Gasteiger partial charge in [-0.25, -0.2) is 0 Å². The monoisotopic (exact) mass is 139 g/mol. The Balaban J connectivity index is 2.23. The van der Waals surface area contributed by atoms with E-state index in [0.29, 0.717) is 0 Å². The highest BCUT2D eigenvalue weighted by atomic mass is 32.2. The predicted molar refractivity (Wildman–Crippen MR) is 41.2 cm³/mol. The van der Waals surface area contributed by atoms with Gasteiger partial charge in [-0.15, -0.1) is 11.8 Å². The van der Waals surface area contributed by atoms with Crippen LogP contribution in [0.1, 0.15) is 6.42 Å². The first-order valence-corrected chi connectivity index (χ1v) is 4.16. The Bertz CT molecular complexity index is 172. The molecule has 1 unspecified atom stereocenters. The van der Waals surface area contributed by atoms with Gasteiger partial charge in [-0.1, -0.05) is 6.08 Å². The lowest BCUT2D eigenvalue weighted by Crippen LogP contribution is -2.20. The van der Waals surface area contributed by atoms with Gasteiger partial charge in [0.2, 0.25) is 0 Å². The van der Waals surface area contributed by atoms with Crippen LogP contribution in [0.4, 0.5) is 0 Å². The van der Waals surface area contributed by atoms with Gasteiger partial charge in [0.05, 0.1) is 0 Å². The second-order valence-corrected chi connectivity index (χ2v) is 3.43. The third-order valence-electron chi connectivity index (χ3n) is 1.69. The zero-order chi connectivity index (χ0) is 6.10. The smallest absolute Gasteiger partial charge is 0.0369 e. The van der Waals surface area contributed by atoms with Crippen LogP contribution in [0.15, 0.2) is 23.3 Å².